The largest absolute Gasteiger partial charge is 0.462 e. The van der Waals surface area contributed by atoms with Crippen molar-refractivity contribution in [3.05, 3.63) is 109 Å². The molecule has 1 atom stereocenters. The quantitative estimate of drug-likeness (QED) is 0.0261. The normalized spacial score (nSPS) is 12.8. The monoisotopic (exact) mass is 1040 g/mol. The molecule has 0 saturated heterocycles. The highest BCUT2D eigenvalue weighted by molar-refractivity contribution is 5.71. The zero-order valence-electron chi connectivity index (χ0n) is 49.0. The fourth-order valence-electron chi connectivity index (χ4n) is 8.52. The van der Waals surface area contributed by atoms with Gasteiger partial charge in [0, 0.05) is 19.3 Å². The van der Waals surface area contributed by atoms with E-state index in [9.17, 15) is 14.4 Å². The van der Waals surface area contributed by atoms with Crippen molar-refractivity contribution in [1.29, 1.82) is 0 Å². The fraction of sp³-hybridized carbons (Fsp3) is 0.696. The van der Waals surface area contributed by atoms with E-state index in [-0.39, 0.29) is 31.1 Å². The number of carbonyl (C=O) groups excluding carboxylic acids is 3. The number of rotatable bonds is 56. The van der Waals surface area contributed by atoms with Crippen LogP contribution < -0.4 is 0 Å². The number of esters is 3. The van der Waals surface area contributed by atoms with E-state index in [1.54, 1.807) is 0 Å². The molecular weight excluding hydrogens is 925 g/mol. The van der Waals surface area contributed by atoms with Crippen LogP contribution in [0.3, 0.4) is 0 Å². The number of ether oxygens (including phenoxy) is 3. The van der Waals surface area contributed by atoms with E-state index in [2.05, 4.69) is 130 Å². The Balaban J connectivity index is 4.17. The summed E-state index contributed by atoms with van der Waals surface area (Å²) in [5, 5.41) is 0. The summed E-state index contributed by atoms with van der Waals surface area (Å²) in [6.45, 7) is 6.46. The molecular formula is C69H116O6. The molecule has 0 aliphatic heterocycles. The summed E-state index contributed by atoms with van der Waals surface area (Å²) in [6.07, 6.45) is 85.3. The molecule has 0 aromatic heterocycles. The Bertz CT molecular complexity index is 1520. The number of allylic oxidation sites excluding steroid dienone is 18. The van der Waals surface area contributed by atoms with Gasteiger partial charge in [0.1, 0.15) is 13.2 Å². The lowest BCUT2D eigenvalue weighted by atomic mass is 10.0. The van der Waals surface area contributed by atoms with Crippen LogP contribution in [0.1, 0.15) is 290 Å². The first-order chi connectivity index (χ1) is 37.0. The number of carbonyl (C=O) groups is 3. The Labute approximate surface area is 463 Å². The Morgan fingerprint density at radius 3 is 0.867 bits per heavy atom. The summed E-state index contributed by atoms with van der Waals surface area (Å²) >= 11 is 0. The molecule has 0 aromatic carbocycles. The van der Waals surface area contributed by atoms with E-state index in [0.717, 1.165) is 122 Å². The van der Waals surface area contributed by atoms with Crippen molar-refractivity contribution in [3.63, 3.8) is 0 Å². The van der Waals surface area contributed by atoms with Crippen molar-refractivity contribution in [2.45, 2.75) is 297 Å². The third kappa shape index (κ3) is 60.8. The van der Waals surface area contributed by atoms with Crippen LogP contribution in [0.2, 0.25) is 0 Å². The summed E-state index contributed by atoms with van der Waals surface area (Å²) in [4.78, 5) is 38.1. The molecule has 75 heavy (non-hydrogen) atoms. The van der Waals surface area contributed by atoms with E-state index in [1.165, 1.54) is 128 Å². The van der Waals surface area contributed by atoms with Crippen molar-refractivity contribution >= 4 is 17.9 Å². The van der Waals surface area contributed by atoms with Crippen molar-refractivity contribution < 1.29 is 28.6 Å². The third-order valence-corrected chi connectivity index (χ3v) is 13.2. The lowest BCUT2D eigenvalue weighted by molar-refractivity contribution is -0.167. The molecule has 0 rings (SSSR count). The van der Waals surface area contributed by atoms with Crippen molar-refractivity contribution in [1.82, 2.24) is 0 Å². The zero-order chi connectivity index (χ0) is 54.3. The first kappa shape index (κ1) is 71.1. The topological polar surface area (TPSA) is 78.9 Å². The van der Waals surface area contributed by atoms with Crippen LogP contribution in [-0.2, 0) is 28.6 Å². The van der Waals surface area contributed by atoms with Gasteiger partial charge in [0.05, 0.1) is 0 Å². The summed E-state index contributed by atoms with van der Waals surface area (Å²) in [5.41, 5.74) is 0. The van der Waals surface area contributed by atoms with Gasteiger partial charge in [-0.3, -0.25) is 14.4 Å². The molecule has 0 heterocycles. The molecule has 0 bridgehead atoms. The van der Waals surface area contributed by atoms with Crippen LogP contribution in [-0.4, -0.2) is 37.2 Å². The van der Waals surface area contributed by atoms with E-state index in [0.29, 0.717) is 19.3 Å². The predicted octanol–water partition coefficient (Wildman–Crippen LogP) is 21.4. The molecule has 0 aliphatic carbocycles. The van der Waals surface area contributed by atoms with Gasteiger partial charge >= 0.3 is 17.9 Å². The second-order valence-corrected chi connectivity index (χ2v) is 20.6. The zero-order valence-corrected chi connectivity index (χ0v) is 49.0. The van der Waals surface area contributed by atoms with Gasteiger partial charge in [0.25, 0.3) is 0 Å². The minimum atomic E-state index is -0.786. The molecule has 0 spiro atoms. The highest BCUT2D eigenvalue weighted by Crippen LogP contribution is 2.15. The smallest absolute Gasteiger partial charge is 0.306 e. The SMILES string of the molecule is CC/C=C\C/C=C\C/C=C\C/C=C\C/C=C\C/C=C\C/C=C\CCCCCCCCCCCCCC(=O)OCC(COC(=O)CCCCCCC/C=C\CCCC)OC(=O)CCCCCCC/C=C\CCCCCC. The molecule has 0 aromatic rings. The van der Waals surface area contributed by atoms with Gasteiger partial charge < -0.3 is 14.2 Å². The summed E-state index contributed by atoms with van der Waals surface area (Å²) in [7, 11) is 0. The van der Waals surface area contributed by atoms with Gasteiger partial charge in [0.15, 0.2) is 6.10 Å². The lowest BCUT2D eigenvalue weighted by Crippen LogP contribution is -2.30. The molecule has 428 valence electrons. The second kappa shape index (κ2) is 62.6. The maximum atomic E-state index is 12.8. The van der Waals surface area contributed by atoms with Gasteiger partial charge in [-0.15, -0.1) is 0 Å². The summed E-state index contributed by atoms with van der Waals surface area (Å²) in [6, 6.07) is 0. The average Bonchev–Trinajstić information content (AvgIpc) is 3.41. The number of hydrogen-bond donors (Lipinski definition) is 0. The maximum absolute atomic E-state index is 12.8. The second-order valence-electron chi connectivity index (χ2n) is 20.6. The van der Waals surface area contributed by atoms with E-state index >= 15 is 0 Å². The molecule has 0 N–H and O–H groups in total. The van der Waals surface area contributed by atoms with Crippen LogP contribution >= 0.6 is 0 Å². The summed E-state index contributed by atoms with van der Waals surface area (Å²) < 4.78 is 16.8. The average molecular weight is 1040 g/mol. The van der Waals surface area contributed by atoms with Gasteiger partial charge in [0.2, 0.25) is 0 Å². The maximum Gasteiger partial charge on any atom is 0.306 e. The minimum Gasteiger partial charge on any atom is -0.462 e. The Morgan fingerprint density at radius 2 is 0.533 bits per heavy atom. The van der Waals surface area contributed by atoms with E-state index < -0.39 is 6.10 Å². The van der Waals surface area contributed by atoms with E-state index in [1.807, 2.05) is 0 Å². The molecule has 0 amide bonds. The van der Waals surface area contributed by atoms with Crippen molar-refractivity contribution in [2.75, 3.05) is 13.2 Å². The predicted molar refractivity (Wildman–Crippen MR) is 325 cm³/mol. The summed E-state index contributed by atoms with van der Waals surface area (Å²) in [5.74, 6) is -0.903. The molecule has 6 heteroatoms. The molecule has 6 nitrogen and oxygen atoms in total. The van der Waals surface area contributed by atoms with Crippen LogP contribution in [0.15, 0.2) is 109 Å². The Hall–Kier alpha value is -3.93. The standard InChI is InChI=1S/C69H116O6/c1-4-7-10-13-16-19-22-24-25-26-27-28-29-30-31-32-33-34-35-36-37-38-39-40-41-42-43-45-47-50-53-56-59-62-68(71)74-65-66(64-73-67(70)61-58-55-52-49-46-21-18-15-12-9-6-3)75-69(72)63-60-57-54-51-48-44-23-20-17-14-11-8-5-2/h7,10,15-16,18-20,23-25,27-28,30-31,33-34,36-37,66H,4-6,8-9,11-14,17,21-22,26,29,32,35,38-65H2,1-3H3/b10-7-,18-15-,19-16-,23-20-,25-24-,28-27-,31-30-,34-33-,37-36-. The van der Waals surface area contributed by atoms with Gasteiger partial charge in [-0.2, -0.15) is 0 Å². The highest BCUT2D eigenvalue weighted by atomic mass is 16.6. The van der Waals surface area contributed by atoms with Gasteiger partial charge in [-0.1, -0.05) is 259 Å². The van der Waals surface area contributed by atoms with Crippen molar-refractivity contribution in [2.24, 2.45) is 0 Å². The first-order valence-electron chi connectivity index (χ1n) is 31.4. The number of hydrogen-bond acceptors (Lipinski definition) is 6. The van der Waals surface area contributed by atoms with Crippen LogP contribution in [0, 0.1) is 0 Å². The molecule has 0 radical (unpaired) electrons. The van der Waals surface area contributed by atoms with Crippen molar-refractivity contribution in [3.8, 4) is 0 Å². The number of unbranched alkanes of at least 4 members (excludes halogenated alkanes) is 27. The first-order valence-corrected chi connectivity index (χ1v) is 31.4. The Morgan fingerprint density at radius 1 is 0.280 bits per heavy atom. The highest BCUT2D eigenvalue weighted by Gasteiger charge is 2.19. The minimum absolute atomic E-state index is 0.0847. The third-order valence-electron chi connectivity index (χ3n) is 13.2. The van der Waals surface area contributed by atoms with Crippen LogP contribution in [0.5, 0.6) is 0 Å². The van der Waals surface area contributed by atoms with Gasteiger partial charge in [-0.05, 0) is 122 Å². The van der Waals surface area contributed by atoms with Crippen LogP contribution in [0.25, 0.3) is 0 Å². The van der Waals surface area contributed by atoms with Gasteiger partial charge in [-0.25, -0.2) is 0 Å². The fourth-order valence-corrected chi connectivity index (χ4v) is 8.52. The molecule has 0 aliphatic rings. The molecule has 0 fully saturated rings. The molecule has 1 unspecified atom stereocenters. The lowest BCUT2D eigenvalue weighted by Gasteiger charge is -2.18. The molecule has 0 saturated carbocycles. The van der Waals surface area contributed by atoms with E-state index in [4.69, 9.17) is 14.2 Å². The Kier molecular flexibility index (Phi) is 59.3. The van der Waals surface area contributed by atoms with Crippen LogP contribution in [0.4, 0.5) is 0 Å².